The van der Waals surface area contributed by atoms with Crippen LogP contribution in [0.1, 0.15) is 43.2 Å². The monoisotopic (exact) mass is 747 g/mol. The van der Waals surface area contributed by atoms with Gasteiger partial charge in [-0.2, -0.15) is 0 Å². The summed E-state index contributed by atoms with van der Waals surface area (Å²) in [5.74, 6) is 3.81. The normalized spacial score (nSPS) is 23.3. The van der Waals surface area contributed by atoms with Gasteiger partial charge in [-0.25, -0.2) is 9.97 Å². The number of aromatic nitrogens is 3. The summed E-state index contributed by atoms with van der Waals surface area (Å²) in [6, 6.07) is 45.9. The Morgan fingerprint density at radius 1 is 0.621 bits per heavy atom. The smallest absolute Gasteiger partial charge is 0.236 e. The molecule has 9 aromatic rings. The van der Waals surface area contributed by atoms with Gasteiger partial charge in [0.05, 0.1) is 11.0 Å². The van der Waals surface area contributed by atoms with E-state index in [0.29, 0.717) is 23.4 Å². The van der Waals surface area contributed by atoms with Gasteiger partial charge in [-0.1, -0.05) is 116 Å². The topological polar surface area (TPSA) is 43.9 Å². The van der Waals surface area contributed by atoms with Crippen LogP contribution in [0, 0.1) is 23.7 Å². The third kappa shape index (κ3) is 4.20. The molecule has 0 radical (unpaired) electrons. The van der Waals surface area contributed by atoms with Crippen LogP contribution in [0.15, 0.2) is 163 Å². The molecule has 6 aromatic carbocycles. The maximum atomic E-state index is 6.48. The molecule has 4 fully saturated rings. The summed E-state index contributed by atoms with van der Waals surface area (Å²) >= 11 is 0. The Morgan fingerprint density at radius 3 is 2.12 bits per heavy atom. The van der Waals surface area contributed by atoms with Gasteiger partial charge in [0, 0.05) is 27.1 Å². The van der Waals surface area contributed by atoms with Crippen LogP contribution in [0.2, 0.25) is 0 Å². The van der Waals surface area contributed by atoms with Crippen molar-refractivity contribution in [1.82, 2.24) is 14.5 Å². The molecule has 0 saturated heterocycles. The van der Waals surface area contributed by atoms with Crippen LogP contribution in [0.3, 0.4) is 0 Å². The van der Waals surface area contributed by atoms with Crippen LogP contribution < -0.4 is 0 Å². The quantitative estimate of drug-likeness (QED) is 0.176. The minimum absolute atomic E-state index is 0.0723. The van der Waals surface area contributed by atoms with E-state index < -0.39 is 0 Å². The fourth-order valence-corrected chi connectivity index (χ4v) is 12.8. The zero-order valence-electron chi connectivity index (χ0n) is 32.3. The van der Waals surface area contributed by atoms with Crippen LogP contribution in [0.5, 0.6) is 0 Å². The van der Waals surface area contributed by atoms with Gasteiger partial charge in [0.25, 0.3) is 0 Å². The highest BCUT2D eigenvalue weighted by Gasteiger charge is 2.61. The van der Waals surface area contributed by atoms with Gasteiger partial charge in [-0.05, 0) is 136 Å². The van der Waals surface area contributed by atoms with E-state index in [4.69, 9.17) is 14.4 Å². The number of fused-ring (bicyclic) bond motifs is 9. The number of para-hydroxylation sites is 1. The molecule has 3 heterocycles. The fraction of sp³-hybridized carbons (Fsp3) is 0.185. The van der Waals surface area contributed by atoms with E-state index in [9.17, 15) is 0 Å². The molecular formula is C54H41N3O. The van der Waals surface area contributed by atoms with E-state index in [0.717, 1.165) is 50.6 Å². The zero-order valence-corrected chi connectivity index (χ0v) is 32.3. The standard InChI is InChI=1S/C54H41N3O/c1-3-39-42-29-35(18-21-45(42)54(44(39)4-2)37-25-31-24-32(27-37)28-38(54)26-31)36-20-22-46-43(30-36)49-40-15-9-8-12-33(40)19-23-47(49)57(46)53-55-50(34-13-6-5-7-14-34)52-51(56-53)41-16-10-11-17-48(41)58-52/h3-23,29-32,37-38H,1-2,24-28H2. The van der Waals surface area contributed by atoms with Gasteiger partial charge < -0.3 is 4.42 Å². The molecule has 0 atom stereocenters. The molecule has 0 N–H and O–H groups in total. The Bertz CT molecular complexity index is 3260. The summed E-state index contributed by atoms with van der Waals surface area (Å²) in [7, 11) is 0. The minimum Gasteiger partial charge on any atom is -0.452 e. The summed E-state index contributed by atoms with van der Waals surface area (Å²) in [6.07, 6.45) is 11.2. The first-order chi connectivity index (χ1) is 28.6. The number of hydrogen-bond acceptors (Lipinski definition) is 3. The molecular weight excluding hydrogens is 707 g/mol. The van der Waals surface area contributed by atoms with E-state index in [1.165, 1.54) is 87.0 Å². The second-order valence-electron chi connectivity index (χ2n) is 17.4. The van der Waals surface area contributed by atoms with Crippen LogP contribution in [-0.2, 0) is 5.41 Å². The number of rotatable bonds is 5. The average molecular weight is 748 g/mol. The molecule has 5 aliphatic rings. The maximum absolute atomic E-state index is 6.48. The van der Waals surface area contributed by atoms with E-state index in [-0.39, 0.29) is 5.41 Å². The molecule has 0 amide bonds. The van der Waals surface area contributed by atoms with Crippen molar-refractivity contribution in [3.05, 3.63) is 169 Å². The van der Waals surface area contributed by atoms with Crippen LogP contribution in [-0.4, -0.2) is 14.5 Å². The van der Waals surface area contributed by atoms with Crippen molar-refractivity contribution >= 4 is 60.2 Å². The van der Waals surface area contributed by atoms with Gasteiger partial charge in [0.15, 0.2) is 5.58 Å². The third-order valence-corrected chi connectivity index (χ3v) is 14.8. The zero-order chi connectivity index (χ0) is 38.3. The first kappa shape index (κ1) is 32.6. The Labute approximate surface area is 336 Å². The fourth-order valence-electron chi connectivity index (χ4n) is 12.8. The lowest BCUT2D eigenvalue weighted by Crippen LogP contribution is -2.55. The molecule has 0 unspecified atom stereocenters. The predicted octanol–water partition coefficient (Wildman–Crippen LogP) is 13.8. The number of furan rings is 1. The molecule has 14 rings (SSSR count). The second kappa shape index (κ2) is 11.8. The van der Waals surface area contributed by atoms with Crippen molar-refractivity contribution in [2.75, 3.05) is 0 Å². The summed E-state index contributed by atoms with van der Waals surface area (Å²) < 4.78 is 8.74. The van der Waals surface area contributed by atoms with Crippen LogP contribution in [0.4, 0.5) is 0 Å². The summed E-state index contributed by atoms with van der Waals surface area (Å²) in [5, 5.41) is 5.77. The average Bonchev–Trinajstić information content (AvgIpc) is 3.91. The summed E-state index contributed by atoms with van der Waals surface area (Å²) in [4.78, 5) is 10.7. The highest BCUT2D eigenvalue weighted by Crippen LogP contribution is 2.69. The van der Waals surface area contributed by atoms with Crippen LogP contribution >= 0.6 is 0 Å². The Kier molecular flexibility index (Phi) is 6.61. The number of hydrogen-bond donors (Lipinski definition) is 0. The van der Waals surface area contributed by atoms with Crippen LogP contribution in [0.25, 0.3) is 88.6 Å². The molecule has 3 aromatic heterocycles. The van der Waals surface area contributed by atoms with Crippen molar-refractivity contribution in [2.24, 2.45) is 23.7 Å². The predicted molar refractivity (Wildman–Crippen MR) is 238 cm³/mol. The minimum atomic E-state index is 0.0723. The molecule has 4 saturated carbocycles. The SMILES string of the molecule is C=CC1=C(C=C)C2(c3ccc(-c4ccc5c(c4)c4c6ccccc6ccc4n5-c4nc(-c5ccccc5)c5oc6ccccc6c5n4)cc31)C1CC3CC(C1)CC2C3. The van der Waals surface area contributed by atoms with Gasteiger partial charge in [0.1, 0.15) is 16.8 Å². The number of benzene rings is 6. The largest absolute Gasteiger partial charge is 0.452 e. The van der Waals surface area contributed by atoms with Crippen molar-refractivity contribution in [3.8, 4) is 28.3 Å². The molecule has 0 aliphatic heterocycles. The molecule has 4 nitrogen and oxygen atoms in total. The maximum Gasteiger partial charge on any atom is 0.236 e. The Balaban J connectivity index is 1.04. The summed E-state index contributed by atoms with van der Waals surface area (Å²) in [6.45, 7) is 8.86. The third-order valence-electron chi connectivity index (χ3n) is 14.8. The molecule has 4 bridgehead atoms. The lowest BCUT2D eigenvalue weighted by atomic mass is 9.42. The van der Waals surface area contributed by atoms with Crippen molar-refractivity contribution in [3.63, 3.8) is 0 Å². The number of nitrogens with zero attached hydrogens (tertiary/aromatic N) is 3. The Hall–Kier alpha value is -6.52. The van der Waals surface area contributed by atoms with E-state index in [1.807, 2.05) is 36.4 Å². The highest BCUT2D eigenvalue weighted by atomic mass is 16.3. The lowest BCUT2D eigenvalue weighted by Gasteiger charge is -2.61. The van der Waals surface area contributed by atoms with Crippen molar-refractivity contribution < 1.29 is 4.42 Å². The first-order valence-electron chi connectivity index (χ1n) is 21.0. The van der Waals surface area contributed by atoms with Crippen molar-refractivity contribution in [1.29, 1.82) is 0 Å². The van der Waals surface area contributed by atoms with E-state index in [2.05, 4.69) is 121 Å². The second-order valence-corrected chi connectivity index (χ2v) is 17.4. The van der Waals surface area contributed by atoms with E-state index >= 15 is 0 Å². The first-order valence-corrected chi connectivity index (χ1v) is 21.0. The molecule has 4 heteroatoms. The number of allylic oxidation sites excluding steroid dienone is 4. The molecule has 1 spiro atoms. The van der Waals surface area contributed by atoms with Gasteiger partial charge in [0.2, 0.25) is 5.95 Å². The van der Waals surface area contributed by atoms with Gasteiger partial charge in [-0.3, -0.25) is 4.57 Å². The van der Waals surface area contributed by atoms with E-state index in [1.54, 1.807) is 0 Å². The molecule has 278 valence electrons. The molecule has 5 aliphatic carbocycles. The van der Waals surface area contributed by atoms with Gasteiger partial charge in [-0.15, -0.1) is 0 Å². The molecule has 58 heavy (non-hydrogen) atoms. The van der Waals surface area contributed by atoms with Gasteiger partial charge >= 0.3 is 0 Å². The lowest BCUT2D eigenvalue weighted by molar-refractivity contribution is -0.0406. The Morgan fingerprint density at radius 2 is 1.33 bits per heavy atom. The highest BCUT2D eigenvalue weighted by molar-refractivity contribution is 6.22. The van der Waals surface area contributed by atoms with Crippen molar-refractivity contribution in [2.45, 2.75) is 37.5 Å². The summed E-state index contributed by atoms with van der Waals surface area (Å²) in [5.41, 5.74) is 14.3.